The van der Waals surface area contributed by atoms with Gasteiger partial charge in [-0.05, 0) is 38.5 Å². The van der Waals surface area contributed by atoms with Gasteiger partial charge in [0.2, 0.25) is 5.91 Å². The van der Waals surface area contributed by atoms with Crippen molar-refractivity contribution >= 4 is 17.7 Å². The zero-order chi connectivity index (χ0) is 16.9. The molecule has 0 N–H and O–H groups in total. The van der Waals surface area contributed by atoms with Crippen molar-refractivity contribution < 1.29 is 9.18 Å². The molecule has 0 aliphatic heterocycles. The Morgan fingerprint density at radius 2 is 1.65 bits per heavy atom. The molecule has 0 aliphatic carbocycles. The lowest BCUT2D eigenvalue weighted by molar-refractivity contribution is -0.133. The molecule has 0 unspecified atom stereocenters. The molecule has 0 atom stereocenters. The maximum absolute atomic E-state index is 13.7. The van der Waals surface area contributed by atoms with Gasteiger partial charge < -0.3 is 4.90 Å². The number of thioether (sulfide) groups is 1. The second-order valence-corrected chi connectivity index (χ2v) is 7.37. The first-order valence-corrected chi connectivity index (χ1v) is 8.58. The summed E-state index contributed by atoms with van der Waals surface area (Å²) < 4.78 is 13.7. The van der Waals surface area contributed by atoms with Gasteiger partial charge in [-0.1, -0.05) is 42.5 Å². The summed E-state index contributed by atoms with van der Waals surface area (Å²) in [5, 5.41) is 0. The highest BCUT2D eigenvalue weighted by Crippen LogP contribution is 2.24. The molecule has 0 spiro atoms. The van der Waals surface area contributed by atoms with Gasteiger partial charge in [-0.2, -0.15) is 0 Å². The maximum Gasteiger partial charge on any atom is 0.233 e. The van der Waals surface area contributed by atoms with Crippen molar-refractivity contribution in [3.63, 3.8) is 0 Å². The fourth-order valence-electron chi connectivity index (χ4n) is 2.24. The van der Waals surface area contributed by atoms with E-state index in [2.05, 4.69) is 0 Å². The summed E-state index contributed by atoms with van der Waals surface area (Å²) in [7, 11) is 0. The van der Waals surface area contributed by atoms with Crippen LogP contribution in [0.25, 0.3) is 0 Å². The summed E-state index contributed by atoms with van der Waals surface area (Å²) in [6.45, 7) is 6.60. The molecule has 2 rings (SSSR count). The number of nitrogens with zero attached hydrogens (tertiary/aromatic N) is 1. The molecular weight excluding hydrogens is 309 g/mol. The van der Waals surface area contributed by atoms with E-state index in [0.29, 0.717) is 11.4 Å². The van der Waals surface area contributed by atoms with Crippen LogP contribution in [-0.2, 0) is 11.3 Å². The average Bonchev–Trinajstić information content (AvgIpc) is 2.51. The predicted molar refractivity (Wildman–Crippen MR) is 93.9 cm³/mol. The Kier molecular flexibility index (Phi) is 5.83. The van der Waals surface area contributed by atoms with Crippen molar-refractivity contribution in [3.8, 4) is 0 Å². The van der Waals surface area contributed by atoms with Crippen molar-refractivity contribution in [1.29, 1.82) is 0 Å². The summed E-state index contributed by atoms with van der Waals surface area (Å²) in [6.07, 6.45) is 0. The minimum Gasteiger partial charge on any atom is -0.333 e. The quantitative estimate of drug-likeness (QED) is 0.737. The lowest BCUT2D eigenvalue weighted by Gasteiger charge is -2.36. The van der Waals surface area contributed by atoms with Gasteiger partial charge in [0.25, 0.3) is 0 Å². The Labute approximate surface area is 141 Å². The number of amides is 1. The van der Waals surface area contributed by atoms with Gasteiger partial charge in [-0.25, -0.2) is 4.39 Å². The van der Waals surface area contributed by atoms with Gasteiger partial charge in [-0.3, -0.25) is 4.79 Å². The van der Waals surface area contributed by atoms with Crippen LogP contribution in [0.3, 0.4) is 0 Å². The third-order valence-corrected chi connectivity index (χ3v) is 4.52. The first-order valence-electron chi connectivity index (χ1n) is 7.59. The van der Waals surface area contributed by atoms with E-state index < -0.39 is 0 Å². The van der Waals surface area contributed by atoms with Crippen molar-refractivity contribution in [3.05, 3.63) is 66.0 Å². The van der Waals surface area contributed by atoms with Crippen LogP contribution in [0.4, 0.5) is 4.39 Å². The fraction of sp³-hybridized carbons (Fsp3) is 0.316. The first-order chi connectivity index (χ1) is 10.9. The molecule has 0 heterocycles. The van der Waals surface area contributed by atoms with Gasteiger partial charge in [0.1, 0.15) is 5.82 Å². The number of benzene rings is 2. The Morgan fingerprint density at radius 3 is 2.26 bits per heavy atom. The molecule has 0 radical (unpaired) electrons. The second-order valence-electron chi connectivity index (χ2n) is 6.36. The summed E-state index contributed by atoms with van der Waals surface area (Å²) in [6, 6.07) is 16.5. The standard InChI is InChI=1S/C19H22FNOS/c1-19(2,3)21(13-15-9-5-4-6-10-15)18(22)14-23-17-12-8-7-11-16(17)20/h4-12H,13-14H2,1-3H3. The highest BCUT2D eigenvalue weighted by Gasteiger charge is 2.26. The van der Waals surface area contributed by atoms with E-state index >= 15 is 0 Å². The molecule has 122 valence electrons. The summed E-state index contributed by atoms with van der Waals surface area (Å²) in [5.41, 5.74) is 0.801. The number of halogens is 1. The van der Waals surface area contributed by atoms with Crippen LogP contribution < -0.4 is 0 Å². The average molecular weight is 331 g/mol. The molecule has 0 saturated heterocycles. The van der Waals surface area contributed by atoms with E-state index in [1.54, 1.807) is 18.2 Å². The van der Waals surface area contributed by atoms with Crippen LogP contribution in [0.1, 0.15) is 26.3 Å². The topological polar surface area (TPSA) is 20.3 Å². The first kappa shape index (κ1) is 17.5. The zero-order valence-electron chi connectivity index (χ0n) is 13.8. The SMILES string of the molecule is CC(C)(C)N(Cc1ccccc1)C(=O)CSc1ccccc1F. The van der Waals surface area contributed by atoms with Gasteiger partial charge in [-0.15, -0.1) is 11.8 Å². The molecule has 2 aromatic carbocycles. The molecule has 0 aromatic heterocycles. The highest BCUT2D eigenvalue weighted by molar-refractivity contribution is 8.00. The van der Waals surface area contributed by atoms with Crippen LogP contribution in [0, 0.1) is 5.82 Å². The normalized spacial score (nSPS) is 11.3. The largest absolute Gasteiger partial charge is 0.333 e. The van der Waals surface area contributed by atoms with Crippen molar-refractivity contribution in [2.75, 3.05) is 5.75 Å². The van der Waals surface area contributed by atoms with E-state index in [1.165, 1.54) is 17.8 Å². The zero-order valence-corrected chi connectivity index (χ0v) is 14.6. The van der Waals surface area contributed by atoms with Crippen LogP contribution in [0.5, 0.6) is 0 Å². The lowest BCUT2D eigenvalue weighted by atomic mass is 10.0. The fourth-order valence-corrected chi connectivity index (χ4v) is 3.06. The molecule has 0 fully saturated rings. The molecule has 2 nitrogen and oxygen atoms in total. The number of hydrogen-bond acceptors (Lipinski definition) is 2. The van der Waals surface area contributed by atoms with Crippen molar-refractivity contribution in [1.82, 2.24) is 4.90 Å². The highest BCUT2D eigenvalue weighted by atomic mass is 32.2. The van der Waals surface area contributed by atoms with Crippen LogP contribution in [-0.4, -0.2) is 22.1 Å². The van der Waals surface area contributed by atoms with E-state index in [9.17, 15) is 9.18 Å². The minimum absolute atomic E-state index is 0.00889. The van der Waals surface area contributed by atoms with Gasteiger partial charge in [0.15, 0.2) is 0 Å². The van der Waals surface area contributed by atoms with Crippen LogP contribution >= 0.6 is 11.8 Å². The summed E-state index contributed by atoms with van der Waals surface area (Å²) in [5.74, 6) is -0.0457. The summed E-state index contributed by atoms with van der Waals surface area (Å²) >= 11 is 1.24. The molecule has 0 aliphatic rings. The lowest BCUT2D eigenvalue weighted by Crippen LogP contribution is -2.45. The van der Waals surface area contributed by atoms with E-state index in [4.69, 9.17) is 0 Å². The Hall–Kier alpha value is -1.81. The molecule has 4 heteroatoms. The molecule has 0 bridgehead atoms. The van der Waals surface area contributed by atoms with Gasteiger partial charge >= 0.3 is 0 Å². The molecule has 0 saturated carbocycles. The second kappa shape index (κ2) is 7.64. The third-order valence-electron chi connectivity index (χ3n) is 3.48. The Bertz CT molecular complexity index is 652. The number of carbonyl (C=O) groups excluding carboxylic acids is 1. The van der Waals surface area contributed by atoms with Gasteiger partial charge in [0, 0.05) is 17.0 Å². The molecule has 2 aromatic rings. The van der Waals surface area contributed by atoms with E-state index in [1.807, 2.05) is 56.0 Å². The van der Waals surface area contributed by atoms with Crippen LogP contribution in [0.2, 0.25) is 0 Å². The van der Waals surface area contributed by atoms with Crippen molar-refractivity contribution in [2.24, 2.45) is 0 Å². The maximum atomic E-state index is 13.7. The Balaban J connectivity index is 2.07. The molecular formula is C19H22FNOS. The number of rotatable bonds is 5. The van der Waals surface area contributed by atoms with Gasteiger partial charge in [0.05, 0.1) is 5.75 Å². The van der Waals surface area contributed by atoms with Crippen LogP contribution in [0.15, 0.2) is 59.5 Å². The minimum atomic E-state index is -0.289. The smallest absolute Gasteiger partial charge is 0.233 e. The third kappa shape index (κ3) is 5.10. The van der Waals surface area contributed by atoms with E-state index in [-0.39, 0.29) is 23.0 Å². The molecule has 1 amide bonds. The number of hydrogen-bond donors (Lipinski definition) is 0. The summed E-state index contributed by atoms with van der Waals surface area (Å²) in [4.78, 5) is 15.0. The Morgan fingerprint density at radius 1 is 1.04 bits per heavy atom. The molecule has 23 heavy (non-hydrogen) atoms. The van der Waals surface area contributed by atoms with Crippen molar-refractivity contribution in [2.45, 2.75) is 37.8 Å². The monoisotopic (exact) mass is 331 g/mol. The number of carbonyl (C=O) groups is 1. The van der Waals surface area contributed by atoms with E-state index in [0.717, 1.165) is 5.56 Å². The predicted octanol–water partition coefficient (Wildman–Crippen LogP) is 4.75.